The number of hydrogen-bond acceptors (Lipinski definition) is 6. The van der Waals surface area contributed by atoms with Crippen LogP contribution in [0, 0.1) is 0 Å². The standard InChI is InChI=1S/C20H27N3O5S2/c1-21(2)12-13-23(18-6-4-3-5-7-18)30(26,27)20-10-8-19(9-11-20)29(24,25)22-14-16-28-17-15-22/h3-11H,12-17H2,1-2H3. The molecule has 1 fully saturated rings. The second-order valence-corrected chi connectivity index (χ2v) is 11.0. The first-order valence-corrected chi connectivity index (χ1v) is 12.5. The van der Waals surface area contributed by atoms with Crippen LogP contribution in [-0.2, 0) is 24.8 Å². The molecular formula is C20H27N3O5S2. The van der Waals surface area contributed by atoms with Crippen LogP contribution in [0.25, 0.3) is 0 Å². The summed E-state index contributed by atoms with van der Waals surface area (Å²) in [5.41, 5.74) is 0.560. The maximum absolute atomic E-state index is 13.3. The Morgan fingerprint density at radius 2 is 1.40 bits per heavy atom. The molecule has 0 spiro atoms. The van der Waals surface area contributed by atoms with E-state index in [-0.39, 0.29) is 29.4 Å². The highest BCUT2D eigenvalue weighted by Gasteiger charge is 2.28. The fraction of sp³-hybridized carbons (Fsp3) is 0.400. The predicted octanol–water partition coefficient (Wildman–Crippen LogP) is 1.46. The minimum Gasteiger partial charge on any atom is -0.379 e. The van der Waals surface area contributed by atoms with Crippen LogP contribution < -0.4 is 4.31 Å². The van der Waals surface area contributed by atoms with Crippen molar-refractivity contribution in [1.82, 2.24) is 9.21 Å². The van der Waals surface area contributed by atoms with Gasteiger partial charge in [0.2, 0.25) is 10.0 Å². The largest absolute Gasteiger partial charge is 0.379 e. The van der Waals surface area contributed by atoms with E-state index in [1.54, 1.807) is 24.3 Å². The number of likely N-dealkylation sites (N-methyl/N-ethyl adjacent to an activating group) is 1. The number of hydrogen-bond donors (Lipinski definition) is 0. The van der Waals surface area contributed by atoms with Gasteiger partial charge < -0.3 is 9.64 Å². The van der Waals surface area contributed by atoms with E-state index < -0.39 is 20.0 Å². The van der Waals surface area contributed by atoms with Gasteiger partial charge in [0.25, 0.3) is 10.0 Å². The van der Waals surface area contributed by atoms with E-state index >= 15 is 0 Å². The summed E-state index contributed by atoms with van der Waals surface area (Å²) in [6, 6.07) is 14.3. The number of anilines is 1. The smallest absolute Gasteiger partial charge is 0.264 e. The van der Waals surface area contributed by atoms with E-state index in [1.807, 2.05) is 25.1 Å². The summed E-state index contributed by atoms with van der Waals surface area (Å²) >= 11 is 0. The number of ether oxygens (including phenoxy) is 1. The molecule has 0 bridgehead atoms. The Hall–Kier alpha value is -1.98. The Morgan fingerprint density at radius 3 is 1.97 bits per heavy atom. The Balaban J connectivity index is 1.90. The van der Waals surface area contributed by atoms with Crippen molar-refractivity contribution < 1.29 is 21.6 Å². The molecule has 2 aromatic carbocycles. The predicted molar refractivity (Wildman–Crippen MR) is 116 cm³/mol. The third-order valence-electron chi connectivity index (χ3n) is 4.81. The van der Waals surface area contributed by atoms with Crippen molar-refractivity contribution in [3.63, 3.8) is 0 Å². The monoisotopic (exact) mass is 453 g/mol. The maximum Gasteiger partial charge on any atom is 0.264 e. The quantitative estimate of drug-likeness (QED) is 0.602. The molecule has 10 heteroatoms. The fourth-order valence-electron chi connectivity index (χ4n) is 3.12. The van der Waals surface area contributed by atoms with Gasteiger partial charge in [0.15, 0.2) is 0 Å². The van der Waals surface area contributed by atoms with Crippen molar-refractivity contribution in [2.45, 2.75) is 9.79 Å². The highest BCUT2D eigenvalue weighted by molar-refractivity contribution is 7.92. The molecule has 164 valence electrons. The second-order valence-electron chi connectivity index (χ2n) is 7.20. The number of nitrogens with zero attached hydrogens (tertiary/aromatic N) is 3. The summed E-state index contributed by atoms with van der Waals surface area (Å²) in [6.45, 7) is 2.08. The van der Waals surface area contributed by atoms with Crippen LogP contribution in [0.1, 0.15) is 0 Å². The summed E-state index contributed by atoms with van der Waals surface area (Å²) in [7, 11) is -3.79. The molecule has 3 rings (SSSR count). The molecule has 0 N–H and O–H groups in total. The molecule has 0 aromatic heterocycles. The van der Waals surface area contributed by atoms with Crippen molar-refractivity contribution in [3.05, 3.63) is 54.6 Å². The molecule has 0 atom stereocenters. The van der Waals surface area contributed by atoms with Gasteiger partial charge in [-0.25, -0.2) is 16.8 Å². The lowest BCUT2D eigenvalue weighted by Gasteiger charge is -2.27. The average Bonchev–Trinajstić information content (AvgIpc) is 2.75. The average molecular weight is 454 g/mol. The van der Waals surface area contributed by atoms with E-state index in [0.717, 1.165) is 0 Å². The van der Waals surface area contributed by atoms with Gasteiger partial charge in [-0.05, 0) is 50.5 Å². The molecule has 1 heterocycles. The zero-order chi connectivity index (χ0) is 21.8. The van der Waals surface area contributed by atoms with E-state index in [0.29, 0.717) is 25.4 Å². The van der Waals surface area contributed by atoms with Crippen molar-refractivity contribution in [1.29, 1.82) is 0 Å². The highest BCUT2D eigenvalue weighted by Crippen LogP contribution is 2.25. The molecule has 8 nitrogen and oxygen atoms in total. The van der Waals surface area contributed by atoms with E-state index in [4.69, 9.17) is 4.74 Å². The molecule has 1 saturated heterocycles. The Morgan fingerprint density at radius 1 is 0.833 bits per heavy atom. The molecule has 1 aliphatic rings. The van der Waals surface area contributed by atoms with Crippen molar-refractivity contribution in [2.24, 2.45) is 0 Å². The number of sulfonamides is 2. The number of para-hydroxylation sites is 1. The summed E-state index contributed by atoms with van der Waals surface area (Å²) in [6.07, 6.45) is 0. The second kappa shape index (κ2) is 9.44. The Kier molecular flexibility index (Phi) is 7.14. The first kappa shape index (κ1) is 22.7. The van der Waals surface area contributed by atoms with Crippen molar-refractivity contribution >= 4 is 25.7 Å². The van der Waals surface area contributed by atoms with Gasteiger partial charge in [0.1, 0.15) is 0 Å². The minimum atomic E-state index is -3.86. The fourth-order valence-corrected chi connectivity index (χ4v) is 5.98. The topological polar surface area (TPSA) is 87.2 Å². The molecule has 30 heavy (non-hydrogen) atoms. The highest BCUT2D eigenvalue weighted by atomic mass is 32.2. The van der Waals surface area contributed by atoms with E-state index in [1.165, 1.54) is 32.9 Å². The van der Waals surface area contributed by atoms with Crippen LogP contribution in [0.4, 0.5) is 5.69 Å². The van der Waals surface area contributed by atoms with Crippen molar-refractivity contribution in [2.75, 3.05) is 57.8 Å². The normalized spacial score (nSPS) is 16.0. The number of rotatable bonds is 8. The summed E-state index contributed by atoms with van der Waals surface area (Å²) in [4.78, 5) is 2.03. The maximum atomic E-state index is 13.3. The lowest BCUT2D eigenvalue weighted by atomic mass is 10.3. The third kappa shape index (κ3) is 5.01. The van der Waals surface area contributed by atoms with Gasteiger partial charge in [0.05, 0.1) is 28.7 Å². The first-order valence-electron chi connectivity index (χ1n) is 9.63. The molecule has 1 aliphatic heterocycles. The van der Waals surface area contributed by atoms with Gasteiger partial charge in [-0.15, -0.1) is 0 Å². The van der Waals surface area contributed by atoms with Crippen molar-refractivity contribution in [3.8, 4) is 0 Å². The molecule has 0 aliphatic carbocycles. The number of morpholine rings is 1. The zero-order valence-electron chi connectivity index (χ0n) is 17.1. The Bertz CT molecular complexity index is 1030. The molecule has 0 unspecified atom stereocenters. The van der Waals surface area contributed by atoms with Gasteiger partial charge in [-0.1, -0.05) is 18.2 Å². The summed E-state index contributed by atoms with van der Waals surface area (Å²) in [5.74, 6) is 0. The van der Waals surface area contributed by atoms with Crippen LogP contribution in [0.3, 0.4) is 0 Å². The molecule has 0 radical (unpaired) electrons. The SMILES string of the molecule is CN(C)CCN(c1ccccc1)S(=O)(=O)c1ccc(S(=O)(=O)N2CCOCC2)cc1. The molecule has 0 saturated carbocycles. The molecular weight excluding hydrogens is 426 g/mol. The van der Waals surface area contributed by atoms with E-state index in [2.05, 4.69) is 0 Å². The minimum absolute atomic E-state index is 0.0473. The first-order chi connectivity index (χ1) is 14.2. The van der Waals surface area contributed by atoms with Crippen LogP contribution >= 0.6 is 0 Å². The van der Waals surface area contributed by atoms with Crippen LogP contribution in [0.15, 0.2) is 64.4 Å². The van der Waals surface area contributed by atoms with Gasteiger partial charge >= 0.3 is 0 Å². The van der Waals surface area contributed by atoms with Crippen LogP contribution in [0.5, 0.6) is 0 Å². The van der Waals surface area contributed by atoms with Gasteiger partial charge in [-0.2, -0.15) is 4.31 Å². The molecule has 0 amide bonds. The van der Waals surface area contributed by atoms with Gasteiger partial charge in [-0.3, -0.25) is 4.31 Å². The summed E-state index contributed by atoms with van der Waals surface area (Å²) < 4.78 is 60.2. The van der Waals surface area contributed by atoms with E-state index in [9.17, 15) is 16.8 Å². The van der Waals surface area contributed by atoms with Gasteiger partial charge in [0, 0.05) is 26.2 Å². The summed E-state index contributed by atoms with van der Waals surface area (Å²) in [5, 5.41) is 0. The Labute approximate surface area is 178 Å². The lowest BCUT2D eigenvalue weighted by Crippen LogP contribution is -2.40. The zero-order valence-corrected chi connectivity index (χ0v) is 18.8. The third-order valence-corrected chi connectivity index (χ3v) is 8.57. The molecule has 2 aromatic rings. The van der Waals surface area contributed by atoms with Crippen LogP contribution in [-0.4, -0.2) is 79.5 Å². The lowest BCUT2D eigenvalue weighted by molar-refractivity contribution is 0.0730. The number of benzene rings is 2. The van der Waals surface area contributed by atoms with Crippen LogP contribution in [0.2, 0.25) is 0 Å².